The summed E-state index contributed by atoms with van der Waals surface area (Å²) in [5.41, 5.74) is 2.56. The van der Waals surface area contributed by atoms with E-state index >= 15 is 0 Å². The molecule has 0 unspecified atom stereocenters. The Balaban J connectivity index is 1.35. The second-order valence-electron chi connectivity index (χ2n) is 7.68. The molecule has 2 aromatic rings. The average Bonchev–Trinajstić information content (AvgIpc) is 3.40. The van der Waals surface area contributed by atoms with Crippen LogP contribution in [0.1, 0.15) is 59.2 Å². The van der Waals surface area contributed by atoms with Crippen LogP contribution in [-0.2, 0) is 4.79 Å². The van der Waals surface area contributed by atoms with Gasteiger partial charge in [0.1, 0.15) is 0 Å². The second kappa shape index (κ2) is 8.47. The van der Waals surface area contributed by atoms with Crippen molar-refractivity contribution in [3.8, 4) is 0 Å². The number of nitrogens with zero attached hydrogens (tertiary/aromatic N) is 1. The molecule has 6 nitrogen and oxygen atoms in total. The fraction of sp³-hybridized carbons (Fsp3) is 0.348. The highest BCUT2D eigenvalue weighted by Gasteiger charge is 2.22. The third-order valence-electron chi connectivity index (χ3n) is 5.61. The maximum absolute atomic E-state index is 12.5. The minimum atomic E-state index is -0.229. The highest BCUT2D eigenvalue weighted by Crippen LogP contribution is 2.22. The summed E-state index contributed by atoms with van der Waals surface area (Å²) < 4.78 is 0. The number of carbonyl (C=O) groups excluding carboxylic acids is 3. The predicted molar refractivity (Wildman–Crippen MR) is 112 cm³/mol. The van der Waals surface area contributed by atoms with Crippen molar-refractivity contribution in [2.75, 3.05) is 16.8 Å². The van der Waals surface area contributed by atoms with Crippen LogP contribution < -0.4 is 15.5 Å². The summed E-state index contributed by atoms with van der Waals surface area (Å²) in [5, 5.41) is 5.90. The zero-order chi connectivity index (χ0) is 20.2. The molecule has 0 atom stereocenters. The molecular formula is C23H25N3O3. The molecule has 2 aliphatic rings. The first-order chi connectivity index (χ1) is 14.1. The number of hydrogen-bond acceptors (Lipinski definition) is 3. The van der Waals surface area contributed by atoms with E-state index in [0.717, 1.165) is 31.5 Å². The summed E-state index contributed by atoms with van der Waals surface area (Å²) in [5.74, 6) is -0.173. The van der Waals surface area contributed by atoms with Gasteiger partial charge in [-0.15, -0.1) is 0 Å². The van der Waals surface area contributed by atoms with Gasteiger partial charge in [0.2, 0.25) is 5.91 Å². The first-order valence-corrected chi connectivity index (χ1v) is 10.2. The maximum Gasteiger partial charge on any atom is 0.255 e. The Morgan fingerprint density at radius 2 is 1.45 bits per heavy atom. The summed E-state index contributed by atoms with van der Waals surface area (Å²) in [4.78, 5) is 38.4. The van der Waals surface area contributed by atoms with Gasteiger partial charge in [-0.25, -0.2) is 0 Å². The van der Waals surface area contributed by atoms with Crippen molar-refractivity contribution >= 4 is 29.1 Å². The van der Waals surface area contributed by atoms with E-state index in [1.807, 2.05) is 0 Å². The maximum atomic E-state index is 12.5. The molecule has 1 saturated carbocycles. The van der Waals surface area contributed by atoms with Gasteiger partial charge in [-0.2, -0.15) is 0 Å². The molecule has 2 fully saturated rings. The smallest absolute Gasteiger partial charge is 0.255 e. The molecule has 3 amide bonds. The fourth-order valence-electron chi connectivity index (χ4n) is 3.96. The van der Waals surface area contributed by atoms with Crippen molar-refractivity contribution in [3.63, 3.8) is 0 Å². The van der Waals surface area contributed by atoms with Gasteiger partial charge in [-0.1, -0.05) is 12.8 Å². The van der Waals surface area contributed by atoms with Gasteiger partial charge in [-0.3, -0.25) is 14.4 Å². The molecule has 0 radical (unpaired) electrons. The van der Waals surface area contributed by atoms with Gasteiger partial charge < -0.3 is 15.5 Å². The second-order valence-corrected chi connectivity index (χ2v) is 7.68. The summed E-state index contributed by atoms with van der Waals surface area (Å²) in [6.45, 7) is 0.727. The fourth-order valence-corrected chi connectivity index (χ4v) is 3.96. The van der Waals surface area contributed by atoms with Crippen molar-refractivity contribution in [2.24, 2.45) is 0 Å². The van der Waals surface area contributed by atoms with Crippen LogP contribution in [0, 0.1) is 0 Å². The number of anilines is 2. The van der Waals surface area contributed by atoms with Crippen molar-refractivity contribution < 1.29 is 14.4 Å². The van der Waals surface area contributed by atoms with E-state index in [2.05, 4.69) is 10.6 Å². The van der Waals surface area contributed by atoms with E-state index in [0.29, 0.717) is 23.2 Å². The molecule has 1 aliphatic heterocycles. The Kier molecular flexibility index (Phi) is 5.60. The van der Waals surface area contributed by atoms with Crippen molar-refractivity contribution in [1.29, 1.82) is 0 Å². The van der Waals surface area contributed by atoms with Crippen molar-refractivity contribution in [2.45, 2.75) is 44.6 Å². The predicted octanol–water partition coefficient (Wildman–Crippen LogP) is 3.74. The molecule has 6 heteroatoms. The summed E-state index contributed by atoms with van der Waals surface area (Å²) in [6.07, 6.45) is 5.89. The normalized spacial score (nSPS) is 16.8. The number of carbonyl (C=O) groups is 3. The molecule has 0 spiro atoms. The van der Waals surface area contributed by atoms with Gasteiger partial charge >= 0.3 is 0 Å². The van der Waals surface area contributed by atoms with Gasteiger partial charge in [0.05, 0.1) is 0 Å². The topological polar surface area (TPSA) is 78.5 Å². The van der Waals surface area contributed by atoms with E-state index in [4.69, 9.17) is 0 Å². The Bertz CT molecular complexity index is 900. The Hall–Kier alpha value is -3.15. The van der Waals surface area contributed by atoms with E-state index in [-0.39, 0.29) is 23.8 Å². The highest BCUT2D eigenvalue weighted by molar-refractivity contribution is 6.05. The molecule has 1 aliphatic carbocycles. The number of nitrogens with one attached hydrogen (secondary N) is 2. The monoisotopic (exact) mass is 391 g/mol. The molecule has 29 heavy (non-hydrogen) atoms. The van der Waals surface area contributed by atoms with Gasteiger partial charge in [0, 0.05) is 41.5 Å². The standard InChI is InChI=1S/C23H25N3O3/c27-21-6-3-15-26(21)20-13-9-17(10-14-20)23(29)25-19-11-7-16(8-12-19)22(28)24-18-4-1-2-5-18/h7-14,18H,1-6,15H2,(H,24,28)(H,25,29). The molecule has 1 saturated heterocycles. The Labute approximate surface area is 170 Å². The Morgan fingerprint density at radius 3 is 2.07 bits per heavy atom. The van der Waals surface area contributed by atoms with Crippen LogP contribution in [0.2, 0.25) is 0 Å². The van der Waals surface area contributed by atoms with Gasteiger partial charge in [0.25, 0.3) is 11.8 Å². The van der Waals surface area contributed by atoms with Crippen LogP contribution in [0.3, 0.4) is 0 Å². The minimum Gasteiger partial charge on any atom is -0.349 e. The van der Waals surface area contributed by atoms with E-state index < -0.39 is 0 Å². The average molecular weight is 391 g/mol. The van der Waals surface area contributed by atoms with Crippen molar-refractivity contribution in [3.05, 3.63) is 59.7 Å². The van der Waals surface area contributed by atoms with E-state index in [1.54, 1.807) is 53.4 Å². The summed E-state index contributed by atoms with van der Waals surface area (Å²) in [7, 11) is 0. The summed E-state index contributed by atoms with van der Waals surface area (Å²) in [6, 6.07) is 14.2. The largest absolute Gasteiger partial charge is 0.349 e. The Morgan fingerprint density at radius 1 is 0.828 bits per heavy atom. The van der Waals surface area contributed by atoms with Crippen LogP contribution in [0.15, 0.2) is 48.5 Å². The highest BCUT2D eigenvalue weighted by atomic mass is 16.2. The zero-order valence-electron chi connectivity index (χ0n) is 16.3. The molecule has 0 bridgehead atoms. The SMILES string of the molecule is O=C(Nc1ccc(C(=O)NC2CCCC2)cc1)c1ccc(N2CCCC2=O)cc1. The first kappa shape index (κ1) is 19.2. The van der Waals surface area contributed by atoms with Crippen LogP contribution in [0.4, 0.5) is 11.4 Å². The van der Waals surface area contributed by atoms with Crippen LogP contribution >= 0.6 is 0 Å². The molecular weight excluding hydrogens is 366 g/mol. The lowest BCUT2D eigenvalue weighted by atomic mass is 10.1. The number of hydrogen-bond donors (Lipinski definition) is 2. The van der Waals surface area contributed by atoms with E-state index in [1.165, 1.54) is 12.8 Å². The molecule has 0 aromatic heterocycles. The zero-order valence-corrected chi connectivity index (χ0v) is 16.3. The molecule has 2 aromatic carbocycles. The lowest BCUT2D eigenvalue weighted by Crippen LogP contribution is -2.32. The van der Waals surface area contributed by atoms with Gasteiger partial charge in [0.15, 0.2) is 0 Å². The van der Waals surface area contributed by atoms with Gasteiger partial charge in [-0.05, 0) is 67.8 Å². The quantitative estimate of drug-likeness (QED) is 0.815. The lowest BCUT2D eigenvalue weighted by molar-refractivity contribution is -0.117. The number of amides is 3. The van der Waals surface area contributed by atoms with Crippen LogP contribution in [-0.4, -0.2) is 30.3 Å². The third-order valence-corrected chi connectivity index (χ3v) is 5.61. The molecule has 4 rings (SSSR count). The number of benzene rings is 2. The first-order valence-electron chi connectivity index (χ1n) is 10.2. The van der Waals surface area contributed by atoms with Crippen molar-refractivity contribution in [1.82, 2.24) is 5.32 Å². The third kappa shape index (κ3) is 4.47. The van der Waals surface area contributed by atoms with E-state index in [9.17, 15) is 14.4 Å². The molecule has 1 heterocycles. The summed E-state index contributed by atoms with van der Waals surface area (Å²) >= 11 is 0. The molecule has 150 valence electrons. The molecule has 2 N–H and O–H groups in total. The minimum absolute atomic E-state index is 0.0678. The van der Waals surface area contributed by atoms with Crippen LogP contribution in [0.5, 0.6) is 0 Å². The number of rotatable bonds is 5. The van der Waals surface area contributed by atoms with Crippen LogP contribution in [0.25, 0.3) is 0 Å². The lowest BCUT2D eigenvalue weighted by Gasteiger charge is -2.16.